The van der Waals surface area contributed by atoms with Gasteiger partial charge in [0, 0.05) is 15.3 Å². The van der Waals surface area contributed by atoms with Gasteiger partial charge in [0.25, 0.3) is 0 Å². The van der Waals surface area contributed by atoms with Crippen molar-refractivity contribution in [3.05, 3.63) is 70.4 Å². The van der Waals surface area contributed by atoms with Gasteiger partial charge in [-0.15, -0.1) is 22.7 Å². The summed E-state index contributed by atoms with van der Waals surface area (Å²) < 4.78 is 11.0. The lowest BCUT2D eigenvalue weighted by atomic mass is 10.0. The van der Waals surface area contributed by atoms with Crippen molar-refractivity contribution in [3.63, 3.8) is 0 Å². The van der Waals surface area contributed by atoms with Crippen molar-refractivity contribution >= 4 is 39.5 Å². The zero-order valence-electron chi connectivity index (χ0n) is 20.0. The van der Waals surface area contributed by atoms with Crippen LogP contribution in [0.15, 0.2) is 60.7 Å². The molecule has 5 nitrogen and oxygen atoms in total. The monoisotopic (exact) mass is 504 g/mol. The molecule has 0 saturated heterocycles. The van der Waals surface area contributed by atoms with Crippen LogP contribution in [0.2, 0.25) is 0 Å². The van der Waals surface area contributed by atoms with Crippen LogP contribution < -0.4 is 10.1 Å². The van der Waals surface area contributed by atoms with E-state index in [1.807, 2.05) is 48.5 Å². The molecule has 1 aliphatic rings. The lowest BCUT2D eigenvalue weighted by molar-refractivity contribution is 0.0607. The number of thiazole rings is 1. The minimum Gasteiger partial charge on any atom is -0.490 e. The molecule has 1 N–H and O–H groups in total. The normalized spacial score (nSPS) is 13.1. The van der Waals surface area contributed by atoms with Crippen LogP contribution in [0.4, 0.5) is 10.8 Å². The predicted molar refractivity (Wildman–Crippen MR) is 144 cm³/mol. The van der Waals surface area contributed by atoms with Gasteiger partial charge in [-0.3, -0.25) is 0 Å². The molecule has 180 valence electrons. The molecule has 5 rings (SSSR count). The smallest absolute Gasteiger partial charge is 0.350 e. The van der Waals surface area contributed by atoms with E-state index in [4.69, 9.17) is 14.5 Å². The van der Waals surface area contributed by atoms with Crippen LogP contribution in [0.1, 0.15) is 41.2 Å². The fourth-order valence-corrected chi connectivity index (χ4v) is 6.04. The highest BCUT2D eigenvalue weighted by Crippen LogP contribution is 2.40. The number of esters is 1. The molecule has 1 fully saturated rings. The maximum Gasteiger partial charge on any atom is 0.350 e. The molecular formula is C28H28N2O3S2. The van der Waals surface area contributed by atoms with E-state index < -0.39 is 0 Å². The predicted octanol–water partition coefficient (Wildman–Crippen LogP) is 7.81. The number of aromatic nitrogens is 1. The van der Waals surface area contributed by atoms with Gasteiger partial charge in [0.1, 0.15) is 10.6 Å². The molecule has 2 aromatic carbocycles. The molecule has 2 heterocycles. The average molecular weight is 505 g/mol. The number of carbonyl (C=O) groups excluding carboxylic acids is 1. The zero-order valence-corrected chi connectivity index (χ0v) is 21.7. The second kappa shape index (κ2) is 10.2. The Morgan fingerprint density at radius 3 is 2.46 bits per heavy atom. The van der Waals surface area contributed by atoms with E-state index in [1.54, 1.807) is 11.3 Å². The summed E-state index contributed by atoms with van der Waals surface area (Å²) in [5.41, 5.74) is 3.81. The van der Waals surface area contributed by atoms with E-state index >= 15 is 0 Å². The van der Waals surface area contributed by atoms with Gasteiger partial charge in [-0.2, -0.15) is 0 Å². The molecule has 1 aliphatic carbocycles. The summed E-state index contributed by atoms with van der Waals surface area (Å²) in [6, 6.07) is 20.3. The number of nitrogens with one attached hydrogen (secondary N) is 1. The van der Waals surface area contributed by atoms with E-state index in [0.29, 0.717) is 22.6 Å². The van der Waals surface area contributed by atoms with Gasteiger partial charge in [0.05, 0.1) is 24.6 Å². The second-order valence-corrected chi connectivity index (χ2v) is 11.2. The summed E-state index contributed by atoms with van der Waals surface area (Å²) >= 11 is 3.05. The highest BCUT2D eigenvalue weighted by molar-refractivity contribution is 7.18. The van der Waals surface area contributed by atoms with Crippen LogP contribution in [0.25, 0.3) is 21.7 Å². The second-order valence-electron chi connectivity index (χ2n) is 9.07. The lowest BCUT2D eigenvalue weighted by Crippen LogP contribution is -2.01. The quantitative estimate of drug-likeness (QED) is 0.236. The topological polar surface area (TPSA) is 60.5 Å². The summed E-state index contributed by atoms with van der Waals surface area (Å²) in [5, 5.41) is 4.18. The van der Waals surface area contributed by atoms with E-state index in [9.17, 15) is 4.79 Å². The first kappa shape index (κ1) is 23.6. The molecule has 0 aliphatic heterocycles. The summed E-state index contributed by atoms with van der Waals surface area (Å²) in [7, 11) is 1.41. The number of ether oxygens (including phenoxy) is 2. The minimum absolute atomic E-state index is 0.356. The number of methoxy groups -OCH3 is 1. The summed E-state index contributed by atoms with van der Waals surface area (Å²) in [6.07, 6.45) is 3.59. The highest BCUT2D eigenvalue weighted by Gasteiger charge is 2.24. The molecule has 0 atom stereocenters. The highest BCUT2D eigenvalue weighted by atomic mass is 32.1. The zero-order chi connectivity index (χ0) is 24.4. The molecule has 2 aromatic heterocycles. The Kier molecular flexibility index (Phi) is 6.88. The molecule has 0 unspecified atom stereocenters. The number of carbonyl (C=O) groups is 1. The van der Waals surface area contributed by atoms with Gasteiger partial charge < -0.3 is 14.8 Å². The van der Waals surface area contributed by atoms with E-state index in [-0.39, 0.29) is 5.97 Å². The largest absolute Gasteiger partial charge is 0.490 e. The van der Waals surface area contributed by atoms with E-state index in [2.05, 4.69) is 31.3 Å². The van der Waals surface area contributed by atoms with Gasteiger partial charge >= 0.3 is 5.97 Å². The van der Waals surface area contributed by atoms with Crippen molar-refractivity contribution in [2.24, 2.45) is 5.92 Å². The summed E-state index contributed by atoms with van der Waals surface area (Å²) in [5.74, 6) is 1.05. The molecule has 7 heteroatoms. The first-order chi connectivity index (χ1) is 17.0. The number of anilines is 2. The Balaban J connectivity index is 1.46. The first-order valence-electron chi connectivity index (χ1n) is 11.8. The molecule has 0 spiro atoms. The Morgan fingerprint density at radius 1 is 1.06 bits per heavy atom. The minimum atomic E-state index is -0.356. The van der Waals surface area contributed by atoms with Crippen molar-refractivity contribution in [2.75, 3.05) is 12.4 Å². The number of hydrogen-bond donors (Lipinski definition) is 1. The van der Waals surface area contributed by atoms with Gasteiger partial charge in [-0.25, -0.2) is 9.78 Å². The van der Waals surface area contributed by atoms with Crippen LogP contribution >= 0.6 is 22.7 Å². The van der Waals surface area contributed by atoms with Crippen molar-refractivity contribution in [1.82, 2.24) is 4.98 Å². The van der Waals surface area contributed by atoms with Crippen molar-refractivity contribution in [3.8, 4) is 27.4 Å². The molecule has 0 radical (unpaired) electrons. The van der Waals surface area contributed by atoms with Crippen LogP contribution in [-0.4, -0.2) is 24.2 Å². The van der Waals surface area contributed by atoms with Gasteiger partial charge in [-0.05, 0) is 61.1 Å². The summed E-state index contributed by atoms with van der Waals surface area (Å²) in [6.45, 7) is 4.42. The number of nitrogens with zero attached hydrogens (tertiary/aromatic N) is 1. The Bertz CT molecular complexity index is 1310. The van der Waals surface area contributed by atoms with E-state index in [1.165, 1.54) is 23.3 Å². The fraction of sp³-hybridized carbons (Fsp3) is 0.286. The maximum atomic E-state index is 12.5. The van der Waals surface area contributed by atoms with Crippen LogP contribution in [0.3, 0.4) is 0 Å². The van der Waals surface area contributed by atoms with Crippen LogP contribution in [0, 0.1) is 5.92 Å². The average Bonchev–Trinajstić information content (AvgIpc) is 3.45. The number of benzene rings is 2. The van der Waals surface area contributed by atoms with Gasteiger partial charge in [0.2, 0.25) is 0 Å². The Labute approximate surface area is 213 Å². The fourth-order valence-electron chi connectivity index (χ4n) is 3.80. The van der Waals surface area contributed by atoms with Crippen molar-refractivity contribution < 1.29 is 14.3 Å². The molecule has 0 amide bonds. The third kappa shape index (κ3) is 5.57. The van der Waals surface area contributed by atoms with E-state index in [0.717, 1.165) is 51.8 Å². The Morgan fingerprint density at radius 2 is 1.80 bits per heavy atom. The van der Waals surface area contributed by atoms with Gasteiger partial charge in [0.15, 0.2) is 5.13 Å². The number of thiophene rings is 1. The third-order valence-corrected chi connectivity index (χ3v) is 7.81. The number of hydrogen-bond acceptors (Lipinski definition) is 7. The standard InChI is InChI=1S/C28H28N2O3S2/c1-17(2)15-24-25(19-9-11-20(12-10-19)33-21-13-14-21)30-28(35-24)29-22-16-23(18-7-5-4-6-8-18)34-26(22)27(31)32-3/h4-12,16-17,21H,13-15H2,1-3H3,(H,29,30). The lowest BCUT2D eigenvalue weighted by Gasteiger charge is -2.07. The number of rotatable bonds is 9. The first-order valence-corrected chi connectivity index (χ1v) is 13.4. The van der Waals surface area contributed by atoms with Gasteiger partial charge in [-0.1, -0.05) is 44.2 Å². The van der Waals surface area contributed by atoms with Crippen LogP contribution in [-0.2, 0) is 11.2 Å². The molecule has 1 saturated carbocycles. The summed E-state index contributed by atoms with van der Waals surface area (Å²) in [4.78, 5) is 20.3. The molecule has 35 heavy (non-hydrogen) atoms. The molecular weight excluding hydrogens is 476 g/mol. The maximum absolute atomic E-state index is 12.5. The Hall–Kier alpha value is -3.16. The molecule has 4 aromatic rings. The molecule has 0 bridgehead atoms. The van der Waals surface area contributed by atoms with Crippen molar-refractivity contribution in [1.29, 1.82) is 0 Å². The SMILES string of the molecule is COC(=O)c1sc(-c2ccccc2)cc1Nc1nc(-c2ccc(OC3CC3)cc2)c(CC(C)C)s1. The van der Waals surface area contributed by atoms with Crippen LogP contribution in [0.5, 0.6) is 5.75 Å². The van der Waals surface area contributed by atoms with Crippen molar-refractivity contribution in [2.45, 2.75) is 39.2 Å². The third-order valence-electron chi connectivity index (χ3n) is 5.65.